The molecular weight excluding hydrogens is 287 g/mol. The number of nitrogens with two attached hydrogens (primary N) is 1. The SMILES string of the molecule is Cc1ccc(CN)c(Sc2ccc(Cl)c(Cl)c2)n1. The first-order valence-electron chi connectivity index (χ1n) is 5.39. The van der Waals surface area contributed by atoms with Crippen molar-refractivity contribution in [2.45, 2.75) is 23.4 Å². The maximum absolute atomic E-state index is 5.99. The lowest BCUT2D eigenvalue weighted by atomic mass is 10.2. The molecule has 0 saturated heterocycles. The van der Waals surface area contributed by atoms with Crippen LogP contribution in [0.1, 0.15) is 11.3 Å². The summed E-state index contributed by atoms with van der Waals surface area (Å²) in [5, 5.41) is 2.01. The first kappa shape index (κ1) is 13.7. The average Bonchev–Trinajstić information content (AvgIpc) is 2.34. The minimum Gasteiger partial charge on any atom is -0.326 e. The first-order valence-corrected chi connectivity index (χ1v) is 6.97. The van der Waals surface area contributed by atoms with Gasteiger partial charge in [0, 0.05) is 17.1 Å². The fourth-order valence-electron chi connectivity index (χ4n) is 1.46. The molecule has 5 heteroatoms. The number of hydrogen-bond donors (Lipinski definition) is 1. The van der Waals surface area contributed by atoms with Gasteiger partial charge in [0.15, 0.2) is 0 Å². The highest BCUT2D eigenvalue weighted by Gasteiger charge is 2.07. The third kappa shape index (κ3) is 3.18. The molecule has 2 nitrogen and oxygen atoms in total. The number of hydrogen-bond acceptors (Lipinski definition) is 3. The minimum atomic E-state index is 0.469. The van der Waals surface area contributed by atoms with Crippen LogP contribution in [0.5, 0.6) is 0 Å². The van der Waals surface area contributed by atoms with Crippen LogP contribution in [-0.2, 0) is 6.54 Å². The number of rotatable bonds is 3. The molecule has 1 heterocycles. The van der Waals surface area contributed by atoms with E-state index in [9.17, 15) is 0 Å². The molecule has 2 rings (SSSR count). The summed E-state index contributed by atoms with van der Waals surface area (Å²) in [6.07, 6.45) is 0. The van der Waals surface area contributed by atoms with Crippen molar-refractivity contribution in [1.82, 2.24) is 4.98 Å². The summed E-state index contributed by atoms with van der Waals surface area (Å²) in [4.78, 5) is 5.50. The predicted octanol–water partition coefficient (Wildman–Crippen LogP) is 4.31. The monoisotopic (exact) mass is 298 g/mol. The van der Waals surface area contributed by atoms with E-state index in [1.54, 1.807) is 17.8 Å². The Kier molecular flexibility index (Phi) is 4.51. The molecule has 0 saturated carbocycles. The summed E-state index contributed by atoms with van der Waals surface area (Å²) >= 11 is 13.4. The van der Waals surface area contributed by atoms with Crippen molar-refractivity contribution < 1.29 is 0 Å². The highest BCUT2D eigenvalue weighted by atomic mass is 35.5. The van der Waals surface area contributed by atoms with E-state index < -0.39 is 0 Å². The topological polar surface area (TPSA) is 38.9 Å². The van der Waals surface area contributed by atoms with Gasteiger partial charge in [0.25, 0.3) is 0 Å². The first-order chi connectivity index (χ1) is 8.60. The van der Waals surface area contributed by atoms with Gasteiger partial charge in [0.1, 0.15) is 5.03 Å². The van der Waals surface area contributed by atoms with Crippen LogP contribution in [0, 0.1) is 6.92 Å². The van der Waals surface area contributed by atoms with Gasteiger partial charge in [0.2, 0.25) is 0 Å². The molecule has 0 aliphatic heterocycles. The quantitative estimate of drug-likeness (QED) is 0.918. The van der Waals surface area contributed by atoms with Gasteiger partial charge in [-0.05, 0) is 36.8 Å². The van der Waals surface area contributed by atoms with Crippen LogP contribution in [-0.4, -0.2) is 4.98 Å². The van der Waals surface area contributed by atoms with E-state index in [2.05, 4.69) is 4.98 Å². The molecule has 0 aliphatic rings. The number of aromatic nitrogens is 1. The van der Waals surface area contributed by atoms with Gasteiger partial charge in [0.05, 0.1) is 10.0 Å². The molecule has 94 valence electrons. The zero-order chi connectivity index (χ0) is 13.1. The predicted molar refractivity (Wildman–Crippen MR) is 77.5 cm³/mol. The molecule has 0 spiro atoms. The Balaban J connectivity index is 2.33. The van der Waals surface area contributed by atoms with E-state index in [1.807, 2.05) is 31.2 Å². The normalized spacial score (nSPS) is 10.7. The molecule has 1 aromatic heterocycles. The third-order valence-corrected chi connectivity index (χ3v) is 4.18. The zero-order valence-corrected chi connectivity index (χ0v) is 12.1. The lowest BCUT2D eigenvalue weighted by Gasteiger charge is -2.08. The summed E-state index contributed by atoms with van der Waals surface area (Å²) in [7, 11) is 0. The van der Waals surface area contributed by atoms with Gasteiger partial charge < -0.3 is 5.73 Å². The molecule has 0 unspecified atom stereocenters. The van der Waals surface area contributed by atoms with E-state index >= 15 is 0 Å². The van der Waals surface area contributed by atoms with Crippen molar-refractivity contribution in [3.05, 3.63) is 51.6 Å². The Morgan fingerprint density at radius 2 is 1.94 bits per heavy atom. The Bertz CT molecular complexity index is 573. The van der Waals surface area contributed by atoms with Crippen molar-refractivity contribution in [1.29, 1.82) is 0 Å². The molecule has 0 bridgehead atoms. The van der Waals surface area contributed by atoms with Crippen LogP contribution in [0.25, 0.3) is 0 Å². The zero-order valence-electron chi connectivity index (χ0n) is 9.78. The summed E-state index contributed by atoms with van der Waals surface area (Å²) in [5.74, 6) is 0. The molecule has 0 fully saturated rings. The maximum atomic E-state index is 5.99. The average molecular weight is 299 g/mol. The van der Waals surface area contributed by atoms with Crippen molar-refractivity contribution >= 4 is 35.0 Å². The molecule has 18 heavy (non-hydrogen) atoms. The second-order valence-corrected chi connectivity index (χ2v) is 5.68. The van der Waals surface area contributed by atoms with Crippen molar-refractivity contribution in [2.24, 2.45) is 5.73 Å². The highest BCUT2D eigenvalue weighted by Crippen LogP contribution is 2.33. The Labute approximate surface area is 121 Å². The highest BCUT2D eigenvalue weighted by molar-refractivity contribution is 7.99. The molecule has 0 radical (unpaired) electrons. The molecule has 0 aliphatic carbocycles. The van der Waals surface area contributed by atoms with E-state index in [1.165, 1.54) is 0 Å². The Morgan fingerprint density at radius 1 is 1.17 bits per heavy atom. The van der Waals surface area contributed by atoms with Crippen molar-refractivity contribution in [3.63, 3.8) is 0 Å². The lowest BCUT2D eigenvalue weighted by molar-refractivity contribution is 0.941. The van der Waals surface area contributed by atoms with Gasteiger partial charge in [-0.15, -0.1) is 0 Å². The van der Waals surface area contributed by atoms with Crippen molar-refractivity contribution in [3.8, 4) is 0 Å². The summed E-state index contributed by atoms with van der Waals surface area (Å²) in [6.45, 7) is 2.43. The number of benzene rings is 1. The summed E-state index contributed by atoms with van der Waals surface area (Å²) in [6, 6.07) is 9.50. The summed E-state index contributed by atoms with van der Waals surface area (Å²) in [5.41, 5.74) is 7.70. The van der Waals surface area contributed by atoms with E-state index in [0.29, 0.717) is 16.6 Å². The van der Waals surface area contributed by atoms with Crippen LogP contribution in [0.3, 0.4) is 0 Å². The van der Waals surface area contributed by atoms with Crippen LogP contribution >= 0.6 is 35.0 Å². The molecule has 0 amide bonds. The maximum Gasteiger partial charge on any atom is 0.106 e. The fraction of sp³-hybridized carbons (Fsp3) is 0.154. The van der Waals surface area contributed by atoms with Crippen LogP contribution in [0.15, 0.2) is 40.3 Å². The van der Waals surface area contributed by atoms with Gasteiger partial charge >= 0.3 is 0 Å². The number of aryl methyl sites for hydroxylation is 1. The standard InChI is InChI=1S/C13H12Cl2N2S/c1-8-2-3-9(7-16)13(17-8)18-10-4-5-11(14)12(15)6-10/h2-6H,7,16H2,1H3. The second-order valence-electron chi connectivity index (χ2n) is 3.80. The summed E-state index contributed by atoms with van der Waals surface area (Å²) < 4.78 is 0. The largest absolute Gasteiger partial charge is 0.326 e. The Morgan fingerprint density at radius 3 is 2.61 bits per heavy atom. The smallest absolute Gasteiger partial charge is 0.106 e. The van der Waals surface area contributed by atoms with Gasteiger partial charge in [-0.1, -0.05) is 41.0 Å². The second kappa shape index (κ2) is 5.93. The van der Waals surface area contributed by atoms with Crippen LogP contribution in [0.4, 0.5) is 0 Å². The van der Waals surface area contributed by atoms with E-state index in [-0.39, 0.29) is 0 Å². The van der Waals surface area contributed by atoms with E-state index in [4.69, 9.17) is 28.9 Å². The van der Waals surface area contributed by atoms with Crippen LogP contribution in [0.2, 0.25) is 10.0 Å². The van der Waals surface area contributed by atoms with Crippen molar-refractivity contribution in [2.75, 3.05) is 0 Å². The fourth-order valence-corrected chi connectivity index (χ4v) is 2.83. The third-order valence-electron chi connectivity index (χ3n) is 2.40. The van der Waals surface area contributed by atoms with Crippen LogP contribution < -0.4 is 5.73 Å². The molecule has 0 atom stereocenters. The van der Waals surface area contributed by atoms with E-state index in [0.717, 1.165) is 21.2 Å². The number of nitrogens with zero attached hydrogens (tertiary/aromatic N) is 1. The molecule has 2 N–H and O–H groups in total. The number of halogens is 2. The lowest BCUT2D eigenvalue weighted by Crippen LogP contribution is -2.00. The molecular formula is C13H12Cl2N2S. The molecule has 1 aromatic carbocycles. The number of pyridine rings is 1. The minimum absolute atomic E-state index is 0.469. The van der Waals surface area contributed by atoms with Gasteiger partial charge in [-0.2, -0.15) is 0 Å². The van der Waals surface area contributed by atoms with Gasteiger partial charge in [-0.3, -0.25) is 0 Å². The van der Waals surface area contributed by atoms with Gasteiger partial charge in [-0.25, -0.2) is 4.98 Å². The Hall–Kier alpha value is -0.740. The molecule has 2 aromatic rings.